The van der Waals surface area contributed by atoms with Crippen LogP contribution >= 0.6 is 15.9 Å². The molecule has 0 saturated carbocycles. The summed E-state index contributed by atoms with van der Waals surface area (Å²) in [5.74, 6) is 0.390. The molecule has 11 heteroatoms. The van der Waals surface area contributed by atoms with E-state index in [9.17, 15) is 9.59 Å². The quantitative estimate of drug-likeness (QED) is 0.424. The van der Waals surface area contributed by atoms with Crippen molar-refractivity contribution in [1.82, 2.24) is 29.1 Å². The van der Waals surface area contributed by atoms with Gasteiger partial charge in [-0.1, -0.05) is 7.43 Å². The minimum absolute atomic E-state index is 0. The highest BCUT2D eigenvalue weighted by molar-refractivity contribution is 9.10. The molecule has 0 atom stereocenters. The maximum absolute atomic E-state index is 11.9. The Morgan fingerprint density at radius 2 is 1.34 bits per heavy atom. The van der Waals surface area contributed by atoms with Gasteiger partial charge in [0.25, 0.3) is 11.1 Å². The van der Waals surface area contributed by atoms with Crippen LogP contribution in [-0.4, -0.2) is 29.1 Å². The van der Waals surface area contributed by atoms with Crippen LogP contribution in [0, 0.1) is 13.8 Å². The number of aryl methyl sites for hydroxylation is 4. The van der Waals surface area contributed by atoms with Gasteiger partial charge in [0.05, 0.1) is 15.9 Å². The first-order valence-corrected chi connectivity index (χ1v) is 10.4. The fraction of sp³-hybridized carbons (Fsp3) is 0.333. The van der Waals surface area contributed by atoms with E-state index in [4.69, 9.17) is 11.5 Å². The summed E-state index contributed by atoms with van der Waals surface area (Å²) < 4.78 is 3.67. The van der Waals surface area contributed by atoms with Crippen molar-refractivity contribution in [3.05, 3.63) is 54.8 Å². The number of hydrogen-bond acceptors (Lipinski definition) is 8. The first-order chi connectivity index (χ1) is 14.7. The van der Waals surface area contributed by atoms with Crippen LogP contribution in [0.4, 0.5) is 11.9 Å². The average molecular weight is 503 g/mol. The lowest BCUT2D eigenvalue weighted by Crippen LogP contribution is -2.21. The highest BCUT2D eigenvalue weighted by Gasteiger charge is 2.11. The van der Waals surface area contributed by atoms with Crippen LogP contribution in [0.15, 0.2) is 32.3 Å². The van der Waals surface area contributed by atoms with E-state index in [1.807, 2.05) is 27.7 Å². The summed E-state index contributed by atoms with van der Waals surface area (Å²) in [4.78, 5) is 39.8. The maximum atomic E-state index is 11.9. The minimum atomic E-state index is -0.104. The fourth-order valence-corrected chi connectivity index (χ4v) is 3.76. The molecule has 0 saturated heterocycles. The van der Waals surface area contributed by atoms with E-state index in [-0.39, 0.29) is 30.4 Å². The second-order valence-corrected chi connectivity index (χ2v) is 7.62. The van der Waals surface area contributed by atoms with Crippen LogP contribution in [0.2, 0.25) is 0 Å². The molecular formula is C21H27BrN8O2. The van der Waals surface area contributed by atoms with Crippen LogP contribution in [0.1, 0.15) is 32.7 Å². The molecule has 0 amide bonds. The SMILES string of the molecule is C.CCn1c(=O)c(Br)cc2c(C)nc(N)nc21.CCn1c(=O)ccc2c(C)nc(N)nc21. The molecule has 0 unspecified atom stereocenters. The lowest BCUT2D eigenvalue weighted by molar-refractivity contribution is 0.745. The third-order valence-electron chi connectivity index (χ3n) is 4.79. The molecule has 0 aliphatic carbocycles. The van der Waals surface area contributed by atoms with Gasteiger partial charge in [-0.15, -0.1) is 0 Å². The highest BCUT2D eigenvalue weighted by atomic mass is 79.9. The summed E-state index contributed by atoms with van der Waals surface area (Å²) >= 11 is 3.24. The Labute approximate surface area is 193 Å². The van der Waals surface area contributed by atoms with Crippen LogP contribution in [0.5, 0.6) is 0 Å². The molecular weight excluding hydrogens is 476 g/mol. The number of pyridine rings is 2. The Hall–Kier alpha value is -3.34. The topological polar surface area (TPSA) is 148 Å². The number of fused-ring (bicyclic) bond motifs is 2. The number of halogens is 1. The Morgan fingerprint density at radius 3 is 1.88 bits per heavy atom. The largest absolute Gasteiger partial charge is 0.368 e. The van der Waals surface area contributed by atoms with Crippen LogP contribution < -0.4 is 22.6 Å². The van der Waals surface area contributed by atoms with E-state index in [0.29, 0.717) is 28.9 Å². The average Bonchev–Trinajstić information content (AvgIpc) is 2.70. The van der Waals surface area contributed by atoms with Crippen molar-refractivity contribution in [3.8, 4) is 0 Å². The molecule has 0 bridgehead atoms. The minimum Gasteiger partial charge on any atom is -0.368 e. The van der Waals surface area contributed by atoms with E-state index in [1.54, 1.807) is 21.3 Å². The van der Waals surface area contributed by atoms with Gasteiger partial charge in [0.15, 0.2) is 0 Å². The summed E-state index contributed by atoms with van der Waals surface area (Å²) in [5, 5.41) is 1.70. The van der Waals surface area contributed by atoms with Gasteiger partial charge in [0.1, 0.15) is 11.3 Å². The first-order valence-electron chi connectivity index (χ1n) is 9.64. The summed E-state index contributed by atoms with van der Waals surface area (Å²) in [6, 6.07) is 5.00. The lowest BCUT2D eigenvalue weighted by Gasteiger charge is -2.09. The summed E-state index contributed by atoms with van der Waals surface area (Å²) in [5.41, 5.74) is 13.7. The zero-order valence-corrected chi connectivity index (χ0v) is 19.3. The van der Waals surface area contributed by atoms with E-state index in [1.165, 1.54) is 6.07 Å². The van der Waals surface area contributed by atoms with Gasteiger partial charge >= 0.3 is 0 Å². The Morgan fingerprint density at radius 1 is 0.844 bits per heavy atom. The fourth-order valence-electron chi connectivity index (χ4n) is 3.31. The van der Waals surface area contributed by atoms with Gasteiger partial charge in [-0.25, -0.2) is 9.97 Å². The summed E-state index contributed by atoms with van der Waals surface area (Å²) in [7, 11) is 0. The lowest BCUT2D eigenvalue weighted by atomic mass is 10.2. The third-order valence-corrected chi connectivity index (χ3v) is 5.36. The number of rotatable bonds is 2. The second kappa shape index (κ2) is 9.86. The smallest absolute Gasteiger partial charge is 0.266 e. The van der Waals surface area contributed by atoms with Crippen LogP contribution in [0.3, 0.4) is 0 Å². The predicted molar refractivity (Wildman–Crippen MR) is 132 cm³/mol. The third kappa shape index (κ3) is 4.62. The van der Waals surface area contributed by atoms with E-state index in [0.717, 1.165) is 22.2 Å². The van der Waals surface area contributed by atoms with Crippen molar-refractivity contribution >= 4 is 49.9 Å². The van der Waals surface area contributed by atoms with Crippen molar-refractivity contribution in [2.45, 2.75) is 48.2 Å². The van der Waals surface area contributed by atoms with Crippen LogP contribution in [0.25, 0.3) is 22.1 Å². The van der Waals surface area contributed by atoms with Gasteiger partial charge in [0, 0.05) is 29.9 Å². The molecule has 10 nitrogen and oxygen atoms in total. The molecule has 0 aliphatic heterocycles. The van der Waals surface area contributed by atoms with Gasteiger partial charge in [-0.05, 0) is 55.8 Å². The van der Waals surface area contributed by atoms with E-state index >= 15 is 0 Å². The van der Waals surface area contributed by atoms with E-state index in [2.05, 4.69) is 35.9 Å². The number of hydrogen-bond donors (Lipinski definition) is 2. The van der Waals surface area contributed by atoms with Crippen molar-refractivity contribution in [3.63, 3.8) is 0 Å². The van der Waals surface area contributed by atoms with Crippen molar-refractivity contribution in [2.75, 3.05) is 11.5 Å². The molecule has 0 radical (unpaired) electrons. The van der Waals surface area contributed by atoms with Crippen molar-refractivity contribution in [1.29, 1.82) is 0 Å². The molecule has 4 N–H and O–H groups in total. The number of anilines is 2. The first kappa shape index (κ1) is 24.9. The molecule has 0 aromatic carbocycles. The predicted octanol–water partition coefficient (Wildman–Crippen LogP) is 2.80. The maximum Gasteiger partial charge on any atom is 0.266 e. The Bertz CT molecular complexity index is 1410. The number of nitrogens with two attached hydrogens (primary N) is 2. The number of aromatic nitrogens is 6. The zero-order chi connectivity index (χ0) is 22.9. The van der Waals surface area contributed by atoms with Crippen molar-refractivity contribution < 1.29 is 0 Å². The normalized spacial score (nSPS) is 10.5. The van der Waals surface area contributed by atoms with Gasteiger partial charge in [-0.2, -0.15) is 9.97 Å². The van der Waals surface area contributed by atoms with Crippen LogP contribution in [-0.2, 0) is 13.1 Å². The molecule has 4 heterocycles. The van der Waals surface area contributed by atoms with Gasteiger partial charge < -0.3 is 11.5 Å². The van der Waals surface area contributed by atoms with Gasteiger partial charge in [-0.3, -0.25) is 18.7 Å². The summed E-state index contributed by atoms with van der Waals surface area (Å²) in [6.07, 6.45) is 0. The monoisotopic (exact) mass is 502 g/mol. The van der Waals surface area contributed by atoms with Crippen molar-refractivity contribution in [2.24, 2.45) is 0 Å². The Kier molecular flexibility index (Phi) is 7.68. The molecule has 4 aromatic rings. The molecule has 0 spiro atoms. The number of nitrogens with zero attached hydrogens (tertiary/aromatic N) is 6. The Balaban J connectivity index is 0.000000220. The molecule has 0 fully saturated rings. The molecule has 170 valence electrons. The highest BCUT2D eigenvalue weighted by Crippen LogP contribution is 2.18. The summed E-state index contributed by atoms with van der Waals surface area (Å²) in [6.45, 7) is 8.61. The zero-order valence-electron chi connectivity index (χ0n) is 17.7. The molecule has 0 aliphatic rings. The number of nitrogen functional groups attached to an aromatic ring is 2. The van der Waals surface area contributed by atoms with E-state index < -0.39 is 0 Å². The second-order valence-electron chi connectivity index (χ2n) is 6.77. The standard InChI is InChI=1S/C10H11BrN4O.C10H12N4O.CH4/c1-3-15-8-6(4-7(11)9(15)16)5(2)13-10(12)14-8;1-3-14-8(15)5-4-7-6(2)12-10(11)13-9(7)14;/h4H,3H2,1-2H3,(H2,12,13,14);4-5H,3H2,1-2H3,(H2,11,12,13);1H4. The van der Waals surface area contributed by atoms with Gasteiger partial charge in [0.2, 0.25) is 11.9 Å². The molecule has 4 aromatic heterocycles. The molecule has 32 heavy (non-hydrogen) atoms. The molecule has 4 rings (SSSR count).